The minimum atomic E-state index is 0.768. The topological polar surface area (TPSA) is 28.2 Å². The van der Waals surface area contributed by atoms with Crippen LogP contribution in [0.5, 0.6) is 0 Å². The van der Waals surface area contributed by atoms with Crippen LogP contribution in [-0.2, 0) is 6.54 Å². The fourth-order valence-electron chi connectivity index (χ4n) is 2.64. The average Bonchev–Trinajstić information content (AvgIpc) is 2.55. The first-order valence-electron chi connectivity index (χ1n) is 7.41. The summed E-state index contributed by atoms with van der Waals surface area (Å²) in [6.45, 7) is 3.16. The Kier molecular flexibility index (Phi) is 4.16. The summed E-state index contributed by atoms with van der Waals surface area (Å²) in [5.41, 5.74) is 3.55. The third-order valence-corrected chi connectivity index (χ3v) is 3.79. The van der Waals surface area contributed by atoms with Crippen molar-refractivity contribution in [1.29, 1.82) is 0 Å². The molecule has 0 aliphatic carbocycles. The Morgan fingerprint density at radius 2 is 1.75 bits per heavy atom. The minimum absolute atomic E-state index is 0.768. The Labute approximate surface area is 120 Å². The Hall–Kier alpha value is -2.03. The van der Waals surface area contributed by atoms with Gasteiger partial charge >= 0.3 is 0 Å². The van der Waals surface area contributed by atoms with E-state index in [9.17, 15) is 0 Å². The number of rotatable bonds is 4. The van der Waals surface area contributed by atoms with Gasteiger partial charge in [-0.2, -0.15) is 0 Å². The normalized spacial score (nSPS) is 15.1. The second-order valence-corrected chi connectivity index (χ2v) is 5.27. The van der Waals surface area contributed by atoms with Gasteiger partial charge in [0, 0.05) is 30.7 Å². The van der Waals surface area contributed by atoms with Gasteiger partial charge in [-0.15, -0.1) is 0 Å². The van der Waals surface area contributed by atoms with Gasteiger partial charge in [-0.3, -0.25) is 4.98 Å². The molecule has 0 atom stereocenters. The minimum Gasteiger partial charge on any atom is -0.379 e. The maximum Gasteiger partial charge on any atom is 0.0594 e. The van der Waals surface area contributed by atoms with E-state index in [4.69, 9.17) is 0 Å². The number of pyridine rings is 1. The van der Waals surface area contributed by atoms with Crippen molar-refractivity contribution >= 4 is 11.4 Å². The molecule has 1 fully saturated rings. The lowest BCUT2D eigenvalue weighted by Crippen LogP contribution is -2.29. The van der Waals surface area contributed by atoms with Crippen LogP contribution >= 0.6 is 0 Å². The molecule has 3 heteroatoms. The molecule has 20 heavy (non-hydrogen) atoms. The quantitative estimate of drug-likeness (QED) is 0.916. The van der Waals surface area contributed by atoms with Gasteiger partial charge in [0.25, 0.3) is 0 Å². The fraction of sp³-hybridized carbons (Fsp3) is 0.353. The predicted octanol–water partition coefficient (Wildman–Crippen LogP) is 3.68. The Balaban J connectivity index is 1.58. The van der Waals surface area contributed by atoms with Gasteiger partial charge in [0.05, 0.1) is 12.2 Å². The molecule has 0 saturated carbocycles. The SMILES string of the molecule is c1ccc(CNc2ccc(N3CCCCC3)cc2)nc1. The highest BCUT2D eigenvalue weighted by Crippen LogP contribution is 2.21. The molecular formula is C17H21N3. The van der Waals surface area contributed by atoms with Crippen molar-refractivity contribution in [3.63, 3.8) is 0 Å². The van der Waals surface area contributed by atoms with Crippen molar-refractivity contribution in [3.05, 3.63) is 54.4 Å². The molecule has 1 aliphatic heterocycles. The van der Waals surface area contributed by atoms with E-state index in [1.807, 2.05) is 24.4 Å². The van der Waals surface area contributed by atoms with Gasteiger partial charge < -0.3 is 10.2 Å². The largest absolute Gasteiger partial charge is 0.379 e. The maximum atomic E-state index is 4.31. The first-order valence-corrected chi connectivity index (χ1v) is 7.41. The van der Waals surface area contributed by atoms with Crippen LogP contribution in [0.15, 0.2) is 48.7 Å². The van der Waals surface area contributed by atoms with Crippen LogP contribution < -0.4 is 10.2 Å². The summed E-state index contributed by atoms with van der Waals surface area (Å²) in [6.07, 6.45) is 5.84. The van der Waals surface area contributed by atoms with E-state index in [1.165, 1.54) is 38.0 Å². The lowest BCUT2D eigenvalue weighted by Gasteiger charge is -2.28. The summed E-state index contributed by atoms with van der Waals surface area (Å²) in [5.74, 6) is 0. The first kappa shape index (κ1) is 13.0. The van der Waals surface area contributed by atoms with Crippen LogP contribution in [0.4, 0.5) is 11.4 Å². The highest BCUT2D eigenvalue weighted by atomic mass is 15.1. The van der Waals surface area contributed by atoms with Crippen LogP contribution in [0.1, 0.15) is 25.0 Å². The molecule has 1 aliphatic rings. The van der Waals surface area contributed by atoms with Gasteiger partial charge in [0.2, 0.25) is 0 Å². The molecular weight excluding hydrogens is 246 g/mol. The van der Waals surface area contributed by atoms with Gasteiger partial charge in [0.1, 0.15) is 0 Å². The van der Waals surface area contributed by atoms with E-state index in [2.05, 4.69) is 39.5 Å². The lowest BCUT2D eigenvalue weighted by atomic mass is 10.1. The Morgan fingerprint density at radius 1 is 0.950 bits per heavy atom. The zero-order valence-corrected chi connectivity index (χ0v) is 11.8. The monoisotopic (exact) mass is 267 g/mol. The zero-order valence-electron chi connectivity index (χ0n) is 11.8. The standard InChI is InChI=1S/C17H21N3/c1-4-12-20(13-5-1)17-9-7-15(8-10-17)19-14-16-6-2-3-11-18-16/h2-3,6-11,19H,1,4-5,12-14H2. The van der Waals surface area contributed by atoms with Crippen LogP contribution in [0.25, 0.3) is 0 Å². The Morgan fingerprint density at radius 3 is 2.45 bits per heavy atom. The van der Waals surface area contributed by atoms with Crippen molar-refractivity contribution in [3.8, 4) is 0 Å². The van der Waals surface area contributed by atoms with Crippen LogP contribution in [-0.4, -0.2) is 18.1 Å². The third kappa shape index (κ3) is 3.29. The summed E-state index contributed by atoms with van der Waals surface area (Å²) in [5, 5.41) is 3.41. The smallest absolute Gasteiger partial charge is 0.0594 e. The molecule has 3 rings (SSSR count). The highest BCUT2D eigenvalue weighted by molar-refractivity contribution is 5.55. The number of benzene rings is 1. The number of aromatic nitrogens is 1. The molecule has 1 N–H and O–H groups in total. The van der Waals surface area contributed by atoms with Gasteiger partial charge in [-0.25, -0.2) is 0 Å². The fourth-order valence-corrected chi connectivity index (χ4v) is 2.64. The molecule has 0 amide bonds. The third-order valence-electron chi connectivity index (χ3n) is 3.79. The van der Waals surface area contributed by atoms with E-state index in [0.717, 1.165) is 17.9 Å². The summed E-state index contributed by atoms with van der Waals surface area (Å²) < 4.78 is 0. The van der Waals surface area contributed by atoms with Crippen LogP contribution in [0.3, 0.4) is 0 Å². The number of piperidine rings is 1. The molecule has 1 aromatic heterocycles. The number of nitrogens with one attached hydrogen (secondary N) is 1. The lowest BCUT2D eigenvalue weighted by molar-refractivity contribution is 0.578. The molecule has 2 aromatic rings. The molecule has 1 aromatic carbocycles. The van der Waals surface area contributed by atoms with Gasteiger partial charge in [0.15, 0.2) is 0 Å². The molecule has 0 bridgehead atoms. The van der Waals surface area contributed by atoms with Crippen molar-refractivity contribution in [2.45, 2.75) is 25.8 Å². The molecule has 0 spiro atoms. The second-order valence-electron chi connectivity index (χ2n) is 5.27. The van der Waals surface area contributed by atoms with Crippen LogP contribution in [0, 0.1) is 0 Å². The summed E-state index contributed by atoms with van der Waals surface area (Å²) >= 11 is 0. The number of hydrogen-bond donors (Lipinski definition) is 1. The Bertz CT molecular complexity index is 516. The van der Waals surface area contributed by atoms with Gasteiger partial charge in [-0.1, -0.05) is 6.07 Å². The summed E-state index contributed by atoms with van der Waals surface area (Å²) in [4.78, 5) is 6.79. The summed E-state index contributed by atoms with van der Waals surface area (Å²) in [7, 11) is 0. The van der Waals surface area contributed by atoms with E-state index >= 15 is 0 Å². The van der Waals surface area contributed by atoms with E-state index in [0.29, 0.717) is 0 Å². The number of nitrogens with zero attached hydrogens (tertiary/aromatic N) is 2. The maximum absolute atomic E-state index is 4.31. The van der Waals surface area contributed by atoms with Gasteiger partial charge in [-0.05, 0) is 55.7 Å². The van der Waals surface area contributed by atoms with Crippen LogP contribution in [0.2, 0.25) is 0 Å². The average molecular weight is 267 g/mol. The van der Waals surface area contributed by atoms with E-state index < -0.39 is 0 Å². The molecule has 104 valence electrons. The molecule has 0 unspecified atom stereocenters. The van der Waals surface area contributed by atoms with E-state index in [1.54, 1.807) is 0 Å². The predicted molar refractivity (Wildman–Crippen MR) is 84.1 cm³/mol. The van der Waals surface area contributed by atoms with E-state index in [-0.39, 0.29) is 0 Å². The first-order chi connectivity index (χ1) is 9.92. The van der Waals surface area contributed by atoms with Crippen molar-refractivity contribution in [1.82, 2.24) is 4.98 Å². The molecule has 2 heterocycles. The van der Waals surface area contributed by atoms with Crippen molar-refractivity contribution < 1.29 is 0 Å². The second kappa shape index (κ2) is 6.42. The highest BCUT2D eigenvalue weighted by Gasteiger charge is 2.10. The number of hydrogen-bond acceptors (Lipinski definition) is 3. The summed E-state index contributed by atoms with van der Waals surface area (Å²) in [6, 6.07) is 14.7. The van der Waals surface area contributed by atoms with Crippen molar-refractivity contribution in [2.24, 2.45) is 0 Å². The van der Waals surface area contributed by atoms with Crippen molar-refractivity contribution in [2.75, 3.05) is 23.3 Å². The number of anilines is 2. The molecule has 0 radical (unpaired) electrons. The zero-order chi connectivity index (χ0) is 13.6. The molecule has 1 saturated heterocycles. The molecule has 3 nitrogen and oxygen atoms in total.